The zero-order valence-electron chi connectivity index (χ0n) is 19.4. The van der Waals surface area contributed by atoms with E-state index in [0.717, 1.165) is 80.0 Å². The molecule has 2 aromatic rings. The van der Waals surface area contributed by atoms with Crippen molar-refractivity contribution in [3.05, 3.63) is 46.8 Å². The molecule has 0 aliphatic carbocycles. The zero-order valence-corrected chi connectivity index (χ0v) is 21.7. The molecule has 178 valence electrons. The lowest BCUT2D eigenvalue weighted by Crippen LogP contribution is -2.38. The minimum Gasteiger partial charge on any atom is -0.492 e. The number of nitrogens with one attached hydrogen (secondary N) is 2. The number of rotatable bonds is 10. The predicted molar refractivity (Wildman–Crippen MR) is 137 cm³/mol. The van der Waals surface area contributed by atoms with Crippen LogP contribution in [0.1, 0.15) is 36.4 Å². The molecule has 1 aliphatic rings. The third-order valence-electron chi connectivity index (χ3n) is 5.45. The van der Waals surface area contributed by atoms with Crippen molar-refractivity contribution in [3.63, 3.8) is 0 Å². The summed E-state index contributed by atoms with van der Waals surface area (Å²) in [7, 11) is 1.77. The van der Waals surface area contributed by atoms with Crippen LogP contribution in [-0.2, 0) is 30.7 Å². The van der Waals surface area contributed by atoms with E-state index in [-0.39, 0.29) is 24.0 Å². The molecule has 32 heavy (non-hydrogen) atoms. The molecular formula is C23H36IN5O3. The van der Waals surface area contributed by atoms with E-state index < -0.39 is 0 Å². The smallest absolute Gasteiger partial charge is 0.191 e. The van der Waals surface area contributed by atoms with Crippen LogP contribution in [0.5, 0.6) is 5.75 Å². The van der Waals surface area contributed by atoms with Gasteiger partial charge in [0.1, 0.15) is 18.1 Å². The Morgan fingerprint density at radius 1 is 1.12 bits per heavy atom. The van der Waals surface area contributed by atoms with Crippen LogP contribution in [-0.4, -0.2) is 62.5 Å². The lowest BCUT2D eigenvalue weighted by atomic mass is 10.1. The Hall–Kier alpha value is -1.85. The Kier molecular flexibility index (Phi) is 11.8. The molecule has 1 fully saturated rings. The first kappa shape index (κ1) is 26.4. The lowest BCUT2D eigenvalue weighted by Gasteiger charge is -2.26. The first-order valence-electron chi connectivity index (χ1n) is 11.2. The van der Waals surface area contributed by atoms with Crippen LogP contribution in [0.15, 0.2) is 33.8 Å². The summed E-state index contributed by atoms with van der Waals surface area (Å²) >= 11 is 0. The number of aliphatic imine (C=N–C) groups is 1. The monoisotopic (exact) mass is 557 g/mol. The number of hydrogen-bond acceptors (Lipinski definition) is 6. The highest BCUT2D eigenvalue weighted by molar-refractivity contribution is 14.0. The van der Waals surface area contributed by atoms with Crippen molar-refractivity contribution in [2.45, 2.75) is 39.8 Å². The van der Waals surface area contributed by atoms with E-state index in [1.54, 1.807) is 7.05 Å². The molecule has 1 aliphatic heterocycles. The minimum absolute atomic E-state index is 0. The number of benzene rings is 1. The van der Waals surface area contributed by atoms with Gasteiger partial charge < -0.3 is 24.6 Å². The van der Waals surface area contributed by atoms with Gasteiger partial charge in [0.2, 0.25) is 0 Å². The molecule has 1 aromatic carbocycles. The van der Waals surface area contributed by atoms with Gasteiger partial charge in [0.05, 0.1) is 18.9 Å². The second-order valence-corrected chi connectivity index (χ2v) is 7.43. The third-order valence-corrected chi connectivity index (χ3v) is 5.45. The van der Waals surface area contributed by atoms with Crippen molar-refractivity contribution in [1.82, 2.24) is 20.7 Å². The van der Waals surface area contributed by atoms with Crippen molar-refractivity contribution < 1.29 is 14.0 Å². The van der Waals surface area contributed by atoms with Crippen LogP contribution in [0, 0.1) is 0 Å². The summed E-state index contributed by atoms with van der Waals surface area (Å²) in [6.45, 7) is 10.5. The second-order valence-electron chi connectivity index (χ2n) is 7.43. The Morgan fingerprint density at radius 3 is 2.59 bits per heavy atom. The van der Waals surface area contributed by atoms with E-state index in [4.69, 9.17) is 14.0 Å². The van der Waals surface area contributed by atoms with Crippen molar-refractivity contribution >= 4 is 29.9 Å². The highest BCUT2D eigenvalue weighted by Gasteiger charge is 2.14. The summed E-state index contributed by atoms with van der Waals surface area (Å²) in [4.78, 5) is 6.72. The molecule has 0 atom stereocenters. The molecular weight excluding hydrogens is 521 g/mol. The summed E-state index contributed by atoms with van der Waals surface area (Å²) < 4.78 is 16.9. The predicted octanol–water partition coefficient (Wildman–Crippen LogP) is 2.99. The maximum Gasteiger partial charge on any atom is 0.191 e. The fourth-order valence-electron chi connectivity index (χ4n) is 3.61. The van der Waals surface area contributed by atoms with Gasteiger partial charge in [-0.3, -0.25) is 9.89 Å². The Labute approximate surface area is 208 Å². The number of aryl methyl sites for hydroxylation is 2. The summed E-state index contributed by atoms with van der Waals surface area (Å²) in [5.74, 6) is 2.56. The fraction of sp³-hybridized carbons (Fsp3) is 0.565. The number of halogens is 1. The summed E-state index contributed by atoms with van der Waals surface area (Å²) in [6, 6.07) is 8.13. The van der Waals surface area contributed by atoms with E-state index in [1.165, 1.54) is 0 Å². The molecule has 9 heteroatoms. The number of para-hydroxylation sites is 1. The van der Waals surface area contributed by atoms with Crippen molar-refractivity contribution in [1.29, 1.82) is 0 Å². The van der Waals surface area contributed by atoms with Crippen molar-refractivity contribution in [2.75, 3.05) is 46.5 Å². The molecule has 0 saturated carbocycles. The zero-order chi connectivity index (χ0) is 21.9. The van der Waals surface area contributed by atoms with Gasteiger partial charge in [-0.15, -0.1) is 24.0 Å². The molecule has 3 rings (SSSR count). The molecule has 0 unspecified atom stereocenters. The van der Waals surface area contributed by atoms with Crippen LogP contribution in [0.25, 0.3) is 0 Å². The van der Waals surface area contributed by atoms with E-state index in [9.17, 15) is 0 Å². The number of hydrogen-bond donors (Lipinski definition) is 2. The SMILES string of the molecule is CCc1noc(CC)c1CNC(=NC)NCc1ccccc1OCCN1CCOCC1.I. The largest absolute Gasteiger partial charge is 0.492 e. The minimum atomic E-state index is 0. The number of ether oxygens (including phenoxy) is 2. The molecule has 8 nitrogen and oxygen atoms in total. The molecule has 0 amide bonds. The fourth-order valence-corrected chi connectivity index (χ4v) is 3.61. The van der Waals surface area contributed by atoms with E-state index in [1.807, 2.05) is 18.2 Å². The van der Waals surface area contributed by atoms with Crippen LogP contribution in [0.3, 0.4) is 0 Å². The Balaban J connectivity index is 0.00000363. The molecule has 1 aromatic heterocycles. The van der Waals surface area contributed by atoms with Crippen molar-refractivity contribution in [2.24, 2.45) is 4.99 Å². The van der Waals surface area contributed by atoms with Crippen LogP contribution < -0.4 is 15.4 Å². The number of guanidine groups is 1. The quantitative estimate of drug-likeness (QED) is 0.264. The standard InChI is InChI=1S/C23H35N5O3.HI/c1-4-20-19(21(5-2)31-27-20)17-26-23(24-3)25-16-18-8-6-7-9-22(18)30-15-12-28-10-13-29-14-11-28;/h6-9H,4-5,10-17H2,1-3H3,(H2,24,25,26);1H. The molecule has 2 heterocycles. The van der Waals surface area contributed by atoms with Crippen molar-refractivity contribution in [3.8, 4) is 5.75 Å². The van der Waals surface area contributed by atoms with Gasteiger partial charge in [-0.2, -0.15) is 0 Å². The highest BCUT2D eigenvalue weighted by atomic mass is 127. The van der Waals surface area contributed by atoms with Gasteiger partial charge in [-0.25, -0.2) is 0 Å². The van der Waals surface area contributed by atoms with E-state index >= 15 is 0 Å². The molecule has 0 spiro atoms. The van der Waals surface area contributed by atoms with E-state index in [0.29, 0.717) is 19.7 Å². The summed E-state index contributed by atoms with van der Waals surface area (Å²) in [5.41, 5.74) is 3.22. The Morgan fingerprint density at radius 2 is 1.88 bits per heavy atom. The van der Waals surface area contributed by atoms with Gasteiger partial charge in [-0.05, 0) is 12.5 Å². The first-order chi connectivity index (χ1) is 15.2. The number of morpholine rings is 1. The van der Waals surface area contributed by atoms with Gasteiger partial charge in [0.25, 0.3) is 0 Å². The first-order valence-corrected chi connectivity index (χ1v) is 11.2. The molecule has 0 bridgehead atoms. The highest BCUT2D eigenvalue weighted by Crippen LogP contribution is 2.18. The number of nitrogens with zero attached hydrogens (tertiary/aromatic N) is 3. The average molecular weight is 557 g/mol. The second kappa shape index (κ2) is 14.3. The van der Waals surface area contributed by atoms with Gasteiger partial charge in [0, 0.05) is 57.3 Å². The van der Waals surface area contributed by atoms with Gasteiger partial charge in [0.15, 0.2) is 5.96 Å². The topological polar surface area (TPSA) is 84.2 Å². The van der Waals surface area contributed by atoms with Gasteiger partial charge >= 0.3 is 0 Å². The summed E-state index contributed by atoms with van der Waals surface area (Å²) in [6.07, 6.45) is 1.67. The van der Waals surface area contributed by atoms with Crippen LogP contribution in [0.2, 0.25) is 0 Å². The molecule has 0 radical (unpaired) electrons. The lowest BCUT2D eigenvalue weighted by molar-refractivity contribution is 0.0322. The molecule has 1 saturated heterocycles. The third kappa shape index (κ3) is 7.63. The maximum absolute atomic E-state index is 6.08. The average Bonchev–Trinajstić information content (AvgIpc) is 3.22. The normalized spacial score (nSPS) is 14.7. The Bertz CT molecular complexity index is 815. The maximum atomic E-state index is 6.08. The van der Waals surface area contributed by atoms with E-state index in [2.05, 4.69) is 45.6 Å². The van der Waals surface area contributed by atoms with Gasteiger partial charge in [-0.1, -0.05) is 37.2 Å². The van der Waals surface area contributed by atoms with Crippen LogP contribution >= 0.6 is 24.0 Å². The summed E-state index contributed by atoms with van der Waals surface area (Å²) in [5, 5.41) is 10.9. The number of aromatic nitrogens is 1. The molecule has 2 N–H and O–H groups in total. The van der Waals surface area contributed by atoms with Crippen LogP contribution in [0.4, 0.5) is 0 Å².